The monoisotopic (exact) mass is 507 g/mol. The average molecular weight is 508 g/mol. The molecule has 2 aromatic heterocycles. The molecular formula is C27H23F2N3O3S. The second-order valence-electron chi connectivity index (χ2n) is 9.17. The summed E-state index contributed by atoms with van der Waals surface area (Å²) in [5.41, 5.74) is 7.04. The van der Waals surface area contributed by atoms with Crippen LogP contribution in [0, 0.1) is 11.6 Å². The molecule has 4 aromatic rings. The first kappa shape index (κ1) is 23.9. The lowest BCUT2D eigenvalue weighted by atomic mass is 9.82. The van der Waals surface area contributed by atoms with Crippen LogP contribution in [0.1, 0.15) is 40.7 Å². The van der Waals surface area contributed by atoms with Crippen LogP contribution in [-0.2, 0) is 10.2 Å². The molecule has 36 heavy (non-hydrogen) atoms. The van der Waals surface area contributed by atoms with E-state index in [9.17, 15) is 18.4 Å². The number of aromatic nitrogens is 1. The fourth-order valence-electron chi connectivity index (χ4n) is 4.23. The van der Waals surface area contributed by atoms with Crippen molar-refractivity contribution in [1.29, 1.82) is 0 Å². The molecule has 1 aliphatic heterocycles. The zero-order valence-electron chi connectivity index (χ0n) is 19.6. The molecule has 5 rings (SSSR count). The van der Waals surface area contributed by atoms with Gasteiger partial charge in [0.2, 0.25) is 5.91 Å². The van der Waals surface area contributed by atoms with Gasteiger partial charge in [-0.05, 0) is 66.9 Å². The van der Waals surface area contributed by atoms with Gasteiger partial charge in [0.1, 0.15) is 35.1 Å². The van der Waals surface area contributed by atoms with E-state index in [0.717, 1.165) is 4.70 Å². The molecule has 3 N–H and O–H groups in total. The number of nitrogens with zero attached hydrogens (tertiary/aromatic N) is 1. The minimum absolute atomic E-state index is 0.0780. The van der Waals surface area contributed by atoms with E-state index in [-0.39, 0.29) is 36.6 Å². The number of halogens is 2. The second-order valence-corrected chi connectivity index (χ2v) is 10.3. The van der Waals surface area contributed by atoms with Crippen LogP contribution < -0.4 is 15.8 Å². The molecule has 2 atom stereocenters. The molecule has 0 saturated carbocycles. The molecule has 9 heteroatoms. The lowest BCUT2D eigenvalue weighted by Crippen LogP contribution is -2.39. The zero-order chi connectivity index (χ0) is 25.6. The van der Waals surface area contributed by atoms with Crippen molar-refractivity contribution in [3.63, 3.8) is 0 Å². The topological polar surface area (TPSA) is 94.3 Å². The molecular weight excluding hydrogens is 484 g/mol. The Hall–Kier alpha value is -3.85. The first-order valence-electron chi connectivity index (χ1n) is 11.4. The summed E-state index contributed by atoms with van der Waals surface area (Å²) < 4.78 is 33.7. The molecule has 0 fully saturated rings. The van der Waals surface area contributed by atoms with Gasteiger partial charge in [0.05, 0.1) is 4.88 Å². The van der Waals surface area contributed by atoms with E-state index in [1.807, 2.05) is 6.92 Å². The molecule has 0 aliphatic carbocycles. The van der Waals surface area contributed by atoms with E-state index >= 15 is 0 Å². The Morgan fingerprint density at radius 2 is 1.86 bits per heavy atom. The van der Waals surface area contributed by atoms with Crippen LogP contribution in [0.3, 0.4) is 0 Å². The van der Waals surface area contributed by atoms with Gasteiger partial charge < -0.3 is 15.8 Å². The van der Waals surface area contributed by atoms with Crippen LogP contribution in [0.25, 0.3) is 21.3 Å². The SMILES string of the molecule is C[C@H](CNC(=O)c1cc2cc(F)ccc2s1)c1cc2c(c(-c3ccc(F)cc3)n1)OC[C@]2(C)C(N)=O. The van der Waals surface area contributed by atoms with Crippen molar-refractivity contribution in [1.82, 2.24) is 10.3 Å². The molecule has 2 aromatic carbocycles. The molecule has 0 spiro atoms. The highest BCUT2D eigenvalue weighted by Gasteiger charge is 2.44. The summed E-state index contributed by atoms with van der Waals surface area (Å²) in [6.45, 7) is 3.97. The van der Waals surface area contributed by atoms with Gasteiger partial charge in [0.25, 0.3) is 5.91 Å². The quantitative estimate of drug-likeness (QED) is 0.388. The number of nitrogens with one attached hydrogen (secondary N) is 1. The number of carbonyl (C=O) groups is 2. The van der Waals surface area contributed by atoms with Gasteiger partial charge in [-0.1, -0.05) is 6.92 Å². The van der Waals surface area contributed by atoms with Gasteiger partial charge >= 0.3 is 0 Å². The van der Waals surface area contributed by atoms with E-state index in [1.165, 1.54) is 35.6 Å². The van der Waals surface area contributed by atoms with Crippen molar-refractivity contribution >= 4 is 33.2 Å². The standard InChI is InChI=1S/C27H23F2N3O3S/c1-14(12-31-25(33)22-10-16-9-18(29)7-8-21(16)36-22)20-11-19-24(35-13-27(19,2)26(30)34)23(32-20)15-3-5-17(28)6-4-15/h3-11,14H,12-13H2,1-2H3,(H2,30,34)(H,31,33)/t14-,27+/m1/s1. The van der Waals surface area contributed by atoms with Crippen LogP contribution in [0.5, 0.6) is 5.75 Å². The molecule has 2 amide bonds. The molecule has 3 heterocycles. The zero-order valence-corrected chi connectivity index (χ0v) is 20.4. The van der Waals surface area contributed by atoms with Gasteiger partial charge in [-0.2, -0.15) is 0 Å². The average Bonchev–Trinajstić information content (AvgIpc) is 3.44. The number of fused-ring (bicyclic) bond motifs is 2. The van der Waals surface area contributed by atoms with Crippen molar-refractivity contribution in [3.8, 4) is 17.0 Å². The number of rotatable bonds is 6. The van der Waals surface area contributed by atoms with Gasteiger partial charge in [-0.25, -0.2) is 13.8 Å². The number of benzene rings is 2. The maximum absolute atomic E-state index is 13.5. The maximum Gasteiger partial charge on any atom is 0.261 e. The third-order valence-electron chi connectivity index (χ3n) is 6.53. The number of thiophene rings is 1. The summed E-state index contributed by atoms with van der Waals surface area (Å²) in [6.07, 6.45) is 0. The number of primary amides is 1. The highest BCUT2D eigenvalue weighted by Crippen LogP contribution is 2.45. The minimum atomic E-state index is -1.04. The summed E-state index contributed by atoms with van der Waals surface area (Å²) in [6, 6.07) is 13.7. The summed E-state index contributed by atoms with van der Waals surface area (Å²) in [5.74, 6) is -1.32. The molecule has 0 radical (unpaired) electrons. The lowest BCUT2D eigenvalue weighted by molar-refractivity contribution is -0.123. The molecule has 0 bridgehead atoms. The van der Waals surface area contributed by atoms with Crippen LogP contribution >= 0.6 is 11.3 Å². The number of carbonyl (C=O) groups excluding carboxylic acids is 2. The third kappa shape index (κ3) is 4.19. The molecule has 6 nitrogen and oxygen atoms in total. The highest BCUT2D eigenvalue weighted by molar-refractivity contribution is 7.20. The van der Waals surface area contributed by atoms with E-state index in [2.05, 4.69) is 5.32 Å². The van der Waals surface area contributed by atoms with Crippen LogP contribution in [-0.4, -0.2) is 29.9 Å². The molecule has 0 unspecified atom stereocenters. The Morgan fingerprint density at radius 1 is 1.14 bits per heavy atom. The Labute approximate surface area is 210 Å². The van der Waals surface area contributed by atoms with Gasteiger partial charge in [0.15, 0.2) is 0 Å². The Morgan fingerprint density at radius 3 is 2.58 bits per heavy atom. The van der Waals surface area contributed by atoms with Crippen LogP contribution in [0.15, 0.2) is 54.6 Å². The first-order chi connectivity index (χ1) is 17.2. The number of hydrogen-bond acceptors (Lipinski definition) is 5. The van der Waals surface area contributed by atoms with Crippen LogP contribution in [0.4, 0.5) is 8.78 Å². The molecule has 0 saturated heterocycles. The maximum atomic E-state index is 13.5. The predicted molar refractivity (Wildman–Crippen MR) is 134 cm³/mol. The fourth-order valence-corrected chi connectivity index (χ4v) is 5.19. The smallest absolute Gasteiger partial charge is 0.261 e. The minimum Gasteiger partial charge on any atom is -0.489 e. The second kappa shape index (κ2) is 8.98. The largest absolute Gasteiger partial charge is 0.489 e. The summed E-state index contributed by atoms with van der Waals surface area (Å²) >= 11 is 1.29. The Kier molecular flexibility index (Phi) is 5.96. The number of pyridine rings is 1. The molecule has 184 valence electrons. The first-order valence-corrected chi connectivity index (χ1v) is 12.2. The van der Waals surface area contributed by atoms with E-state index < -0.39 is 11.3 Å². The van der Waals surface area contributed by atoms with Crippen molar-refractivity contribution in [2.75, 3.05) is 13.2 Å². The van der Waals surface area contributed by atoms with Crippen molar-refractivity contribution < 1.29 is 23.1 Å². The fraction of sp³-hybridized carbons (Fsp3) is 0.222. The van der Waals surface area contributed by atoms with Gasteiger partial charge in [0, 0.05) is 34.0 Å². The summed E-state index contributed by atoms with van der Waals surface area (Å²) in [4.78, 5) is 30.4. The van der Waals surface area contributed by atoms with Crippen LogP contribution in [0.2, 0.25) is 0 Å². The lowest BCUT2D eigenvalue weighted by Gasteiger charge is -2.20. The van der Waals surface area contributed by atoms with Gasteiger partial charge in [-0.15, -0.1) is 11.3 Å². The van der Waals surface area contributed by atoms with E-state index in [0.29, 0.717) is 38.5 Å². The highest BCUT2D eigenvalue weighted by atomic mass is 32.1. The Balaban J connectivity index is 1.44. The normalized spacial score (nSPS) is 17.4. The number of ether oxygens (including phenoxy) is 1. The predicted octanol–water partition coefficient (Wildman–Crippen LogP) is 4.91. The summed E-state index contributed by atoms with van der Waals surface area (Å²) in [7, 11) is 0. The van der Waals surface area contributed by atoms with Crippen molar-refractivity contribution in [2.45, 2.75) is 25.2 Å². The van der Waals surface area contributed by atoms with E-state index in [4.69, 9.17) is 15.5 Å². The summed E-state index contributed by atoms with van der Waals surface area (Å²) in [5, 5.41) is 3.59. The van der Waals surface area contributed by atoms with E-state index in [1.54, 1.807) is 37.3 Å². The molecule has 1 aliphatic rings. The van der Waals surface area contributed by atoms with Crippen molar-refractivity contribution in [2.24, 2.45) is 5.73 Å². The van der Waals surface area contributed by atoms with Crippen molar-refractivity contribution in [3.05, 3.63) is 82.4 Å². The number of amides is 2. The third-order valence-corrected chi connectivity index (χ3v) is 7.64. The number of nitrogens with two attached hydrogens (primary N) is 1. The van der Waals surface area contributed by atoms with Gasteiger partial charge in [-0.3, -0.25) is 9.59 Å². The number of hydrogen-bond donors (Lipinski definition) is 2. The Bertz CT molecular complexity index is 1500.